The molecule has 0 saturated carbocycles. The summed E-state index contributed by atoms with van der Waals surface area (Å²) in [5.74, 6) is 2.97. The van der Waals surface area contributed by atoms with Crippen LogP contribution < -0.4 is 11.1 Å². The zero-order valence-electron chi connectivity index (χ0n) is 11.7. The molecule has 0 aromatic heterocycles. The summed E-state index contributed by atoms with van der Waals surface area (Å²) in [7, 11) is 0. The van der Waals surface area contributed by atoms with Crippen molar-refractivity contribution in [2.75, 3.05) is 11.5 Å². The lowest BCUT2D eigenvalue weighted by Crippen LogP contribution is -2.47. The lowest BCUT2D eigenvalue weighted by Gasteiger charge is -2.27. The van der Waals surface area contributed by atoms with Gasteiger partial charge in [0.15, 0.2) is 0 Å². The smallest absolute Gasteiger partial charge is 0.231 e. The van der Waals surface area contributed by atoms with Crippen LogP contribution in [0.2, 0.25) is 0 Å². The number of hydrogen-bond acceptors (Lipinski definition) is 3. The van der Waals surface area contributed by atoms with Crippen molar-refractivity contribution >= 4 is 39.3 Å². The second kappa shape index (κ2) is 7.61. The molecule has 0 spiro atoms. The van der Waals surface area contributed by atoms with Crippen LogP contribution in [0.5, 0.6) is 0 Å². The van der Waals surface area contributed by atoms with E-state index in [0.717, 1.165) is 22.2 Å². The first kappa shape index (κ1) is 16.9. The minimum atomic E-state index is -0.532. The van der Waals surface area contributed by atoms with Crippen LogP contribution in [-0.4, -0.2) is 17.2 Å². The molecule has 0 aliphatic heterocycles. The minimum absolute atomic E-state index is 0.0552. The molecule has 3 N–H and O–H groups in total. The Morgan fingerprint density at radius 1 is 1.50 bits per heavy atom. The molecule has 5 heteroatoms. The molecule has 1 aromatic carbocycles. The molecule has 3 nitrogen and oxygen atoms in total. The predicted octanol–water partition coefficient (Wildman–Crippen LogP) is 3.43. The number of terminal acetylenes is 1. The van der Waals surface area contributed by atoms with E-state index in [1.807, 2.05) is 32.0 Å². The third-order valence-corrected chi connectivity index (χ3v) is 5.17. The van der Waals surface area contributed by atoms with Crippen LogP contribution in [-0.2, 0) is 4.79 Å². The highest BCUT2D eigenvalue weighted by molar-refractivity contribution is 9.10. The molecule has 0 heterocycles. The van der Waals surface area contributed by atoms with E-state index in [4.69, 9.17) is 12.2 Å². The first-order valence-electron chi connectivity index (χ1n) is 6.43. The Labute approximate surface area is 133 Å². The molecule has 0 atom stereocenters. The summed E-state index contributed by atoms with van der Waals surface area (Å²) in [4.78, 5) is 13.0. The lowest BCUT2D eigenvalue weighted by atomic mass is 9.94. The van der Waals surface area contributed by atoms with Gasteiger partial charge in [0.1, 0.15) is 5.54 Å². The topological polar surface area (TPSA) is 55.1 Å². The molecule has 0 bridgehead atoms. The molecule has 0 aliphatic carbocycles. The molecule has 0 fully saturated rings. The minimum Gasteiger partial charge on any atom is -0.399 e. The molecule has 1 amide bonds. The summed E-state index contributed by atoms with van der Waals surface area (Å²) in [5, 5.41) is 2.94. The number of nitrogens with one attached hydrogen (secondary N) is 1. The normalized spacial score (nSPS) is 10.9. The number of nitrogen functional groups attached to an aromatic ring is 1. The fourth-order valence-electron chi connectivity index (χ4n) is 1.75. The second-order valence-corrected chi connectivity index (χ2v) is 6.33. The second-order valence-electron chi connectivity index (χ2n) is 4.46. The van der Waals surface area contributed by atoms with Crippen molar-refractivity contribution in [2.45, 2.75) is 37.1 Å². The fraction of sp³-hybridized carbons (Fsp3) is 0.400. The van der Waals surface area contributed by atoms with Crippen molar-refractivity contribution in [2.24, 2.45) is 0 Å². The van der Waals surface area contributed by atoms with Gasteiger partial charge in [0.05, 0.1) is 5.75 Å². The van der Waals surface area contributed by atoms with Crippen molar-refractivity contribution < 1.29 is 4.79 Å². The molecule has 20 heavy (non-hydrogen) atoms. The van der Waals surface area contributed by atoms with Gasteiger partial charge < -0.3 is 11.1 Å². The van der Waals surface area contributed by atoms with E-state index >= 15 is 0 Å². The van der Waals surface area contributed by atoms with Gasteiger partial charge >= 0.3 is 0 Å². The lowest BCUT2D eigenvalue weighted by molar-refractivity contribution is -0.119. The van der Waals surface area contributed by atoms with Gasteiger partial charge in [-0.15, -0.1) is 18.2 Å². The van der Waals surface area contributed by atoms with Gasteiger partial charge in [-0.2, -0.15) is 0 Å². The standard InChI is InChI=1S/C15H19BrN2OS/c1-4-15(5-2,6-3)18-14(19)10-20-13-8-7-11(17)9-12(13)16/h1,7-9H,5-6,10,17H2,2-3H3,(H,18,19). The third-order valence-electron chi connectivity index (χ3n) is 3.18. The number of carbonyl (C=O) groups is 1. The van der Waals surface area contributed by atoms with E-state index in [1.54, 1.807) is 0 Å². The quantitative estimate of drug-likeness (QED) is 0.467. The molecule has 1 rings (SSSR count). The zero-order chi connectivity index (χ0) is 15.2. The van der Waals surface area contributed by atoms with Crippen molar-refractivity contribution in [3.8, 4) is 12.3 Å². The van der Waals surface area contributed by atoms with E-state index < -0.39 is 5.54 Å². The van der Waals surface area contributed by atoms with Crippen LogP contribution in [0.25, 0.3) is 0 Å². The molecule has 108 valence electrons. The summed E-state index contributed by atoms with van der Waals surface area (Å²) in [6.45, 7) is 3.96. The number of hydrogen-bond donors (Lipinski definition) is 2. The Bertz CT molecular complexity index is 521. The van der Waals surface area contributed by atoms with Gasteiger partial charge in [0.2, 0.25) is 5.91 Å². The highest BCUT2D eigenvalue weighted by Crippen LogP contribution is 2.29. The Kier molecular flexibility index (Phi) is 6.44. The van der Waals surface area contributed by atoms with E-state index in [2.05, 4.69) is 27.2 Å². The summed E-state index contributed by atoms with van der Waals surface area (Å²) in [6.07, 6.45) is 6.98. The van der Waals surface area contributed by atoms with Crippen LogP contribution in [0.4, 0.5) is 5.69 Å². The highest BCUT2D eigenvalue weighted by Gasteiger charge is 2.25. The molecule has 1 aromatic rings. The van der Waals surface area contributed by atoms with E-state index in [9.17, 15) is 4.79 Å². The molecular weight excluding hydrogens is 336 g/mol. The Balaban J connectivity index is 2.62. The largest absolute Gasteiger partial charge is 0.399 e. The third kappa shape index (κ3) is 4.46. The molecule has 0 unspecified atom stereocenters. The number of nitrogens with two attached hydrogens (primary N) is 1. The van der Waals surface area contributed by atoms with Crippen LogP contribution in [0, 0.1) is 12.3 Å². The van der Waals surface area contributed by atoms with Crippen molar-refractivity contribution in [3.63, 3.8) is 0 Å². The first-order chi connectivity index (χ1) is 9.46. The summed E-state index contributed by atoms with van der Waals surface area (Å²) >= 11 is 4.89. The van der Waals surface area contributed by atoms with E-state index in [1.165, 1.54) is 11.8 Å². The maximum Gasteiger partial charge on any atom is 0.231 e. The average Bonchev–Trinajstić information content (AvgIpc) is 2.44. The number of halogens is 1. The zero-order valence-corrected chi connectivity index (χ0v) is 14.1. The first-order valence-corrected chi connectivity index (χ1v) is 8.20. The van der Waals surface area contributed by atoms with E-state index in [0.29, 0.717) is 11.4 Å². The van der Waals surface area contributed by atoms with Crippen LogP contribution in [0.1, 0.15) is 26.7 Å². The number of amides is 1. The van der Waals surface area contributed by atoms with Crippen LogP contribution in [0.3, 0.4) is 0 Å². The van der Waals surface area contributed by atoms with Crippen LogP contribution in [0.15, 0.2) is 27.6 Å². The van der Waals surface area contributed by atoms with Crippen LogP contribution >= 0.6 is 27.7 Å². The Hall–Kier alpha value is -1.12. The van der Waals surface area contributed by atoms with Gasteiger partial charge in [-0.05, 0) is 47.0 Å². The SMILES string of the molecule is C#CC(CC)(CC)NC(=O)CSc1ccc(N)cc1Br. The summed E-state index contributed by atoms with van der Waals surface area (Å²) < 4.78 is 0.893. The van der Waals surface area contributed by atoms with Crippen molar-refractivity contribution in [3.05, 3.63) is 22.7 Å². The maximum absolute atomic E-state index is 12.0. The fourth-order valence-corrected chi connectivity index (χ4v) is 3.21. The van der Waals surface area contributed by atoms with Gasteiger partial charge in [0.25, 0.3) is 0 Å². The van der Waals surface area contributed by atoms with Crippen molar-refractivity contribution in [1.82, 2.24) is 5.32 Å². The summed E-state index contributed by atoms with van der Waals surface area (Å²) in [6, 6.07) is 5.53. The number of thioether (sulfide) groups is 1. The number of anilines is 1. The number of carbonyl (C=O) groups excluding carboxylic acids is 1. The molecular formula is C15H19BrN2OS. The van der Waals surface area contributed by atoms with Gasteiger partial charge in [-0.25, -0.2) is 0 Å². The number of benzene rings is 1. The Morgan fingerprint density at radius 3 is 2.65 bits per heavy atom. The molecule has 0 aliphatic rings. The van der Waals surface area contributed by atoms with Crippen molar-refractivity contribution in [1.29, 1.82) is 0 Å². The average molecular weight is 355 g/mol. The van der Waals surface area contributed by atoms with E-state index in [-0.39, 0.29) is 5.91 Å². The van der Waals surface area contributed by atoms with Gasteiger partial charge in [0, 0.05) is 15.1 Å². The van der Waals surface area contributed by atoms with Gasteiger partial charge in [-0.1, -0.05) is 19.8 Å². The maximum atomic E-state index is 12.0. The molecule has 0 saturated heterocycles. The Morgan fingerprint density at radius 2 is 2.15 bits per heavy atom. The molecule has 0 radical (unpaired) electrons. The van der Waals surface area contributed by atoms with Gasteiger partial charge in [-0.3, -0.25) is 4.79 Å². The summed E-state index contributed by atoms with van der Waals surface area (Å²) in [5.41, 5.74) is 5.84. The monoisotopic (exact) mass is 354 g/mol. The number of rotatable bonds is 6. The predicted molar refractivity (Wildman–Crippen MR) is 89.6 cm³/mol. The highest BCUT2D eigenvalue weighted by atomic mass is 79.9.